The smallest absolute Gasteiger partial charge is 0.116 e. The summed E-state index contributed by atoms with van der Waals surface area (Å²) in [6.45, 7) is 17.4. The first kappa shape index (κ1) is 15.7. The Bertz CT molecular complexity index is 576. The van der Waals surface area contributed by atoms with Crippen molar-refractivity contribution in [3.63, 3.8) is 0 Å². The van der Waals surface area contributed by atoms with E-state index in [-0.39, 0.29) is 0 Å². The third kappa shape index (κ3) is 2.98. The van der Waals surface area contributed by atoms with Crippen LogP contribution < -0.4 is 9.00 Å². The molecule has 0 fully saturated rings. The molecule has 4 heteroatoms. The molecule has 20 heavy (non-hydrogen) atoms. The minimum Gasteiger partial charge on any atom is -0.144 e. The van der Waals surface area contributed by atoms with Gasteiger partial charge >= 0.3 is 0 Å². The Balaban J connectivity index is 2.35. The molecule has 0 saturated heterocycles. The predicted octanol–water partition coefficient (Wildman–Crippen LogP) is 4.76. The molecular weight excluding hydrogens is 312 g/mol. The van der Waals surface area contributed by atoms with E-state index in [4.69, 9.17) is 0 Å². The van der Waals surface area contributed by atoms with Gasteiger partial charge in [0.05, 0.1) is 0 Å². The van der Waals surface area contributed by atoms with Crippen molar-refractivity contribution in [2.45, 2.75) is 26.2 Å². The summed E-state index contributed by atoms with van der Waals surface area (Å²) in [5, 5.41) is 0. The normalized spacial score (nSPS) is 12.4. The van der Waals surface area contributed by atoms with Crippen molar-refractivity contribution < 1.29 is 0 Å². The van der Waals surface area contributed by atoms with Gasteiger partial charge in [-0.1, -0.05) is 49.7 Å². The molecule has 2 aromatic heterocycles. The average molecular weight is 335 g/mol. The zero-order valence-corrected chi connectivity index (χ0v) is 16.3. The Kier molecular flexibility index (Phi) is 4.39. The van der Waals surface area contributed by atoms with Gasteiger partial charge in [0.25, 0.3) is 0 Å². The third-order valence-electron chi connectivity index (χ3n) is 3.75. The van der Waals surface area contributed by atoms with Crippen LogP contribution in [0.4, 0.5) is 0 Å². The van der Waals surface area contributed by atoms with Crippen LogP contribution >= 0.6 is 22.7 Å². The zero-order chi connectivity index (χ0) is 15.0. The number of rotatable bonds is 5. The molecule has 0 aliphatic carbocycles. The number of thiophene rings is 2. The van der Waals surface area contributed by atoms with Crippen LogP contribution in [0.1, 0.15) is 0 Å². The topological polar surface area (TPSA) is 0 Å². The van der Waals surface area contributed by atoms with Crippen LogP contribution in [0.2, 0.25) is 26.2 Å². The van der Waals surface area contributed by atoms with Gasteiger partial charge in [-0.05, 0) is 21.1 Å². The Morgan fingerprint density at radius 2 is 1.10 bits per heavy atom. The van der Waals surface area contributed by atoms with Crippen LogP contribution in [0, 0.1) is 0 Å². The fraction of sp³-hybridized carbons (Fsp3) is 0.250. The third-order valence-corrected chi connectivity index (χ3v) is 14.4. The second-order valence-electron chi connectivity index (χ2n) is 6.18. The molecule has 2 aromatic rings. The number of hydrogen-bond acceptors (Lipinski definition) is 2. The quantitative estimate of drug-likeness (QED) is 0.692. The lowest BCUT2D eigenvalue weighted by atomic mass is 10.4. The summed E-state index contributed by atoms with van der Waals surface area (Å²) in [6, 6.07) is 9.14. The van der Waals surface area contributed by atoms with Gasteiger partial charge in [0, 0.05) is 9.75 Å². The molecule has 0 saturated carbocycles. The maximum atomic E-state index is 4.00. The highest BCUT2D eigenvalue weighted by Gasteiger charge is 2.24. The molecule has 0 bridgehead atoms. The van der Waals surface area contributed by atoms with Gasteiger partial charge in [-0.2, -0.15) is 0 Å². The maximum absolute atomic E-state index is 4.00. The van der Waals surface area contributed by atoms with Crippen molar-refractivity contribution in [3.05, 3.63) is 48.8 Å². The Labute approximate surface area is 132 Å². The average Bonchev–Trinajstić information content (AvgIpc) is 3.07. The van der Waals surface area contributed by atoms with Gasteiger partial charge in [-0.15, -0.1) is 35.8 Å². The van der Waals surface area contributed by atoms with Crippen molar-refractivity contribution in [1.29, 1.82) is 0 Å². The zero-order valence-electron chi connectivity index (χ0n) is 12.7. The lowest BCUT2D eigenvalue weighted by Gasteiger charge is -2.14. The molecule has 0 N–H and O–H groups in total. The largest absolute Gasteiger partial charge is 0.144 e. The summed E-state index contributed by atoms with van der Waals surface area (Å²) in [7, 11) is -2.85. The minimum atomic E-state index is -1.42. The fourth-order valence-electron chi connectivity index (χ4n) is 1.83. The molecule has 0 aromatic carbocycles. The molecular formula is C16H22S2Si2. The highest BCUT2D eigenvalue weighted by atomic mass is 32.1. The van der Waals surface area contributed by atoms with Gasteiger partial charge in [-0.25, -0.2) is 0 Å². The van der Waals surface area contributed by atoms with Crippen molar-refractivity contribution >= 4 is 47.8 Å². The number of hydrogen-bond donors (Lipinski definition) is 0. The van der Waals surface area contributed by atoms with Gasteiger partial charge in [0.2, 0.25) is 0 Å². The summed E-state index contributed by atoms with van der Waals surface area (Å²) in [5.74, 6) is 0. The molecule has 0 nitrogen and oxygen atoms in total. The van der Waals surface area contributed by atoms with Gasteiger partial charge < -0.3 is 0 Å². The van der Waals surface area contributed by atoms with Gasteiger partial charge in [0.15, 0.2) is 0 Å². The lowest BCUT2D eigenvalue weighted by molar-refractivity contribution is 1.85. The van der Waals surface area contributed by atoms with E-state index in [0.717, 1.165) is 0 Å². The van der Waals surface area contributed by atoms with Crippen LogP contribution in [0.25, 0.3) is 9.75 Å². The van der Waals surface area contributed by atoms with Gasteiger partial charge in [-0.3, -0.25) is 0 Å². The summed E-state index contributed by atoms with van der Waals surface area (Å²) >= 11 is 3.88. The van der Waals surface area contributed by atoms with E-state index in [1.54, 1.807) is 0 Å². The molecule has 106 valence electrons. The van der Waals surface area contributed by atoms with Crippen LogP contribution in [0.3, 0.4) is 0 Å². The summed E-state index contributed by atoms with van der Waals surface area (Å²) < 4.78 is 3.02. The second-order valence-corrected chi connectivity index (χ2v) is 17.9. The molecule has 0 radical (unpaired) electrons. The molecule has 0 spiro atoms. The lowest BCUT2D eigenvalue weighted by Crippen LogP contribution is -2.36. The molecule has 2 heterocycles. The summed E-state index contributed by atoms with van der Waals surface area (Å²) in [5.41, 5.74) is 4.33. The Hall–Kier alpha value is -0.686. The van der Waals surface area contributed by atoms with Crippen LogP contribution in [0.5, 0.6) is 0 Å². The molecule has 0 unspecified atom stereocenters. The van der Waals surface area contributed by atoms with E-state index in [1.165, 1.54) is 18.8 Å². The minimum absolute atomic E-state index is 1.40. The van der Waals surface area contributed by atoms with E-state index >= 15 is 0 Å². The first-order valence-electron chi connectivity index (χ1n) is 6.78. The molecule has 0 aliphatic heterocycles. The Morgan fingerprint density at radius 3 is 1.40 bits per heavy atom. The van der Waals surface area contributed by atoms with E-state index in [0.29, 0.717) is 0 Å². The van der Waals surface area contributed by atoms with Crippen molar-refractivity contribution in [2.24, 2.45) is 0 Å². The van der Waals surface area contributed by atoms with Crippen molar-refractivity contribution in [1.82, 2.24) is 0 Å². The summed E-state index contributed by atoms with van der Waals surface area (Å²) in [6.07, 6.45) is 0. The van der Waals surface area contributed by atoms with E-state index < -0.39 is 16.1 Å². The standard InChI is InChI=1S/C16H22S2Si2/c1-7-19(3,4)15-11-9-13(17-15)14-10-12-16(18-14)20(5,6)8-2/h7-12H,1-2H2,3-6H3. The molecule has 0 amide bonds. The summed E-state index contributed by atoms with van der Waals surface area (Å²) in [4.78, 5) is 2.79. The van der Waals surface area contributed by atoms with Crippen LogP contribution in [-0.4, -0.2) is 16.1 Å². The molecule has 0 atom stereocenters. The monoisotopic (exact) mass is 334 g/mol. The van der Waals surface area contributed by atoms with Crippen molar-refractivity contribution in [3.8, 4) is 9.75 Å². The van der Waals surface area contributed by atoms with Crippen LogP contribution in [-0.2, 0) is 0 Å². The first-order chi connectivity index (χ1) is 9.30. The van der Waals surface area contributed by atoms with E-state index in [9.17, 15) is 0 Å². The first-order valence-corrected chi connectivity index (χ1v) is 14.6. The van der Waals surface area contributed by atoms with E-state index in [2.05, 4.69) is 75.0 Å². The maximum Gasteiger partial charge on any atom is 0.116 e. The van der Waals surface area contributed by atoms with Gasteiger partial charge in [0.1, 0.15) is 16.1 Å². The second kappa shape index (κ2) is 5.60. The van der Waals surface area contributed by atoms with Crippen LogP contribution in [0.15, 0.2) is 48.8 Å². The SMILES string of the molecule is C=C[Si](C)(C)c1ccc(-c2ccc([Si](C)(C)C=C)s2)s1. The molecule has 0 aliphatic rings. The van der Waals surface area contributed by atoms with E-state index in [1.807, 2.05) is 22.7 Å². The Morgan fingerprint density at radius 1 is 0.750 bits per heavy atom. The molecule has 2 rings (SSSR count). The van der Waals surface area contributed by atoms with Crippen molar-refractivity contribution in [2.75, 3.05) is 0 Å². The predicted molar refractivity (Wildman–Crippen MR) is 102 cm³/mol. The fourth-order valence-corrected chi connectivity index (χ4v) is 8.13. The highest BCUT2D eigenvalue weighted by Crippen LogP contribution is 2.30. The highest BCUT2D eigenvalue weighted by molar-refractivity contribution is 7.34.